The van der Waals surface area contributed by atoms with E-state index in [1.165, 1.54) is 37.1 Å². The van der Waals surface area contributed by atoms with Gasteiger partial charge in [0.1, 0.15) is 72.7 Å². The lowest BCUT2D eigenvalue weighted by atomic mass is 9.92. The Hall–Kier alpha value is -5.26. The van der Waals surface area contributed by atoms with E-state index in [1.54, 1.807) is 12.1 Å². The van der Waals surface area contributed by atoms with Crippen molar-refractivity contribution < 1.29 is 36.5 Å². The predicted molar refractivity (Wildman–Crippen MR) is 253 cm³/mol. The molecule has 346 valence electrons. The minimum Gasteiger partial charge on any atom is -0.488 e. The third-order valence-corrected chi connectivity index (χ3v) is 13.1. The van der Waals surface area contributed by atoms with Crippen LogP contribution >= 0.6 is 23.2 Å². The Morgan fingerprint density at radius 1 is 0.424 bits per heavy atom. The molecule has 6 aromatic carbocycles. The monoisotopic (exact) mass is 940 g/mol. The maximum absolute atomic E-state index is 14.0. The van der Waals surface area contributed by atoms with Crippen LogP contribution in [0.3, 0.4) is 0 Å². The fraction of sp³-hybridized carbons (Fsp3) is 0.333. The summed E-state index contributed by atoms with van der Waals surface area (Å²) >= 11 is 13.8. The van der Waals surface area contributed by atoms with Crippen molar-refractivity contribution in [3.8, 4) is 34.1 Å². The van der Waals surface area contributed by atoms with Gasteiger partial charge in [0.15, 0.2) is 0 Å². The van der Waals surface area contributed by atoms with Gasteiger partial charge >= 0.3 is 0 Å². The Bertz CT molecular complexity index is 2430. The molecule has 0 aromatic heterocycles. The molecule has 0 radical (unpaired) electrons. The molecule has 8 rings (SSSR count). The molecule has 0 unspecified atom stereocenters. The van der Waals surface area contributed by atoms with E-state index in [9.17, 15) is 17.6 Å². The van der Waals surface area contributed by atoms with Gasteiger partial charge in [-0.05, 0) is 147 Å². The lowest BCUT2D eigenvalue weighted by Crippen LogP contribution is -2.29. The normalized spacial score (nSPS) is 14.6. The van der Waals surface area contributed by atoms with E-state index in [1.807, 2.05) is 36.4 Å². The van der Waals surface area contributed by atoms with Crippen molar-refractivity contribution in [1.82, 2.24) is 9.80 Å². The molecule has 12 heteroatoms. The molecule has 2 aliphatic rings. The Kier molecular flexibility index (Phi) is 15.8. The lowest BCUT2D eigenvalue weighted by molar-refractivity contribution is 0.214. The summed E-state index contributed by atoms with van der Waals surface area (Å²) in [4.78, 5) is 4.72. The lowest BCUT2D eigenvalue weighted by Gasteiger charge is -2.27. The Morgan fingerprint density at radius 3 is 1.17 bits per heavy atom. The van der Waals surface area contributed by atoms with Gasteiger partial charge in [-0.15, -0.1) is 0 Å². The van der Waals surface area contributed by atoms with Crippen LogP contribution in [0.1, 0.15) is 83.0 Å². The molecule has 6 nitrogen and oxygen atoms in total. The standard InChI is InChI=1S/C54H54Cl2F4N2O4/c1-35-39(33-65-53-27-51(63-31-37-19-43(57)25-44(58)20-37)41(23-49(53)55)29-61-15-5-3-6-16-61)11-9-13-47(35)48-14-10-12-40(36(48)2)34-66-54-28-52(64-32-38-21-45(59)26-46(60)22-38)42(24-50(54)56)30-62-17-7-4-8-18-62/h9-14,19-28H,3-8,15-18,29-34H2,1-2H3. The third kappa shape index (κ3) is 12.2. The van der Waals surface area contributed by atoms with Crippen molar-refractivity contribution >= 4 is 23.2 Å². The molecule has 66 heavy (non-hydrogen) atoms. The number of hydrogen-bond acceptors (Lipinski definition) is 6. The van der Waals surface area contributed by atoms with Crippen LogP contribution in [0.5, 0.6) is 23.0 Å². The smallest absolute Gasteiger partial charge is 0.142 e. The molecule has 2 aliphatic heterocycles. The molecule has 2 fully saturated rings. The van der Waals surface area contributed by atoms with Crippen LogP contribution in [0, 0.1) is 37.1 Å². The van der Waals surface area contributed by atoms with Crippen LogP contribution in [-0.2, 0) is 39.5 Å². The quantitative estimate of drug-likeness (QED) is 0.0849. The van der Waals surface area contributed by atoms with Gasteiger partial charge in [-0.1, -0.05) is 72.4 Å². The zero-order valence-electron chi connectivity index (χ0n) is 37.3. The van der Waals surface area contributed by atoms with E-state index in [0.29, 0.717) is 57.3 Å². The van der Waals surface area contributed by atoms with Gasteiger partial charge in [0, 0.05) is 48.5 Å². The fourth-order valence-corrected chi connectivity index (χ4v) is 9.37. The number of likely N-dealkylation sites (tertiary alicyclic amines) is 2. The number of halogens is 6. The third-order valence-electron chi connectivity index (χ3n) is 12.5. The van der Waals surface area contributed by atoms with E-state index in [0.717, 1.165) is 109 Å². The number of hydrogen-bond donors (Lipinski definition) is 0. The van der Waals surface area contributed by atoms with Crippen LogP contribution < -0.4 is 18.9 Å². The zero-order chi connectivity index (χ0) is 46.2. The average Bonchev–Trinajstić information content (AvgIpc) is 3.29. The highest BCUT2D eigenvalue weighted by atomic mass is 35.5. The second-order valence-corrected chi connectivity index (χ2v) is 18.2. The van der Waals surface area contributed by atoms with Gasteiger partial charge in [-0.2, -0.15) is 0 Å². The van der Waals surface area contributed by atoms with E-state index in [2.05, 4.69) is 35.8 Å². The fourth-order valence-electron chi connectivity index (χ4n) is 8.89. The summed E-state index contributed by atoms with van der Waals surface area (Å²) in [7, 11) is 0. The topological polar surface area (TPSA) is 43.4 Å². The first-order valence-corrected chi connectivity index (χ1v) is 23.4. The SMILES string of the molecule is Cc1c(COc2cc(OCc3cc(F)cc(F)c3)c(CN3CCCCC3)cc2Cl)cccc1-c1cccc(COc2cc(OCc3cc(F)cc(F)c3)c(CN3CCCCC3)cc2Cl)c1C. The first-order valence-electron chi connectivity index (χ1n) is 22.6. The minimum atomic E-state index is -0.661. The second-order valence-electron chi connectivity index (χ2n) is 17.3. The van der Waals surface area contributed by atoms with Crippen molar-refractivity contribution in [3.05, 3.63) is 175 Å². The van der Waals surface area contributed by atoms with E-state index >= 15 is 0 Å². The molecule has 2 saturated heterocycles. The van der Waals surface area contributed by atoms with Crippen LogP contribution in [0.25, 0.3) is 11.1 Å². The maximum Gasteiger partial charge on any atom is 0.142 e. The highest BCUT2D eigenvalue weighted by molar-refractivity contribution is 6.32. The van der Waals surface area contributed by atoms with Gasteiger partial charge < -0.3 is 18.9 Å². The highest BCUT2D eigenvalue weighted by Crippen LogP contribution is 2.38. The van der Waals surface area contributed by atoms with Gasteiger partial charge in [0.2, 0.25) is 0 Å². The van der Waals surface area contributed by atoms with Crippen LogP contribution in [-0.4, -0.2) is 36.0 Å². The van der Waals surface area contributed by atoms with Crippen LogP contribution in [0.15, 0.2) is 97.1 Å². The largest absolute Gasteiger partial charge is 0.488 e. The van der Waals surface area contributed by atoms with Gasteiger partial charge in [0.25, 0.3) is 0 Å². The molecule has 0 amide bonds. The Morgan fingerprint density at radius 2 is 0.788 bits per heavy atom. The summed E-state index contributed by atoms with van der Waals surface area (Å²) in [5.74, 6) is -0.677. The van der Waals surface area contributed by atoms with Gasteiger partial charge in [-0.25, -0.2) is 17.6 Å². The molecule has 0 saturated carbocycles. The van der Waals surface area contributed by atoms with Gasteiger partial charge in [-0.3, -0.25) is 9.80 Å². The maximum atomic E-state index is 14.0. The van der Waals surface area contributed by atoms with Crippen LogP contribution in [0.2, 0.25) is 10.0 Å². The molecule has 0 N–H and O–H groups in total. The van der Waals surface area contributed by atoms with Crippen molar-refractivity contribution in [3.63, 3.8) is 0 Å². The molecule has 2 heterocycles. The minimum absolute atomic E-state index is 0.0255. The summed E-state index contributed by atoms with van der Waals surface area (Å²) in [6, 6.07) is 26.3. The summed E-state index contributed by atoms with van der Waals surface area (Å²) in [6.45, 7) is 9.68. The van der Waals surface area contributed by atoms with E-state index in [4.69, 9.17) is 42.1 Å². The molecular formula is C54H54Cl2F4N2O4. The van der Waals surface area contributed by atoms with Crippen molar-refractivity contribution in [2.45, 2.75) is 91.9 Å². The van der Waals surface area contributed by atoms with E-state index < -0.39 is 23.3 Å². The molecule has 0 aliphatic carbocycles. The van der Waals surface area contributed by atoms with Crippen molar-refractivity contribution in [2.24, 2.45) is 0 Å². The highest BCUT2D eigenvalue weighted by Gasteiger charge is 2.20. The second kappa shape index (κ2) is 22.0. The van der Waals surface area contributed by atoms with Crippen molar-refractivity contribution in [2.75, 3.05) is 26.2 Å². The number of rotatable bonds is 17. The average molecular weight is 942 g/mol. The molecule has 0 bridgehead atoms. The summed E-state index contributed by atoms with van der Waals surface area (Å²) in [6.07, 6.45) is 6.89. The van der Waals surface area contributed by atoms with Crippen LogP contribution in [0.4, 0.5) is 17.6 Å². The summed E-state index contributed by atoms with van der Waals surface area (Å²) < 4.78 is 81.4. The first kappa shape index (κ1) is 47.2. The summed E-state index contributed by atoms with van der Waals surface area (Å²) in [5.41, 5.74) is 8.59. The summed E-state index contributed by atoms with van der Waals surface area (Å²) in [5, 5.41) is 0.891. The predicted octanol–water partition coefficient (Wildman–Crippen LogP) is 14.1. The first-order chi connectivity index (χ1) is 31.9. The molecular weight excluding hydrogens is 888 g/mol. The molecule has 6 aromatic rings. The van der Waals surface area contributed by atoms with Gasteiger partial charge in [0.05, 0.1) is 10.0 Å². The zero-order valence-corrected chi connectivity index (χ0v) is 38.9. The molecule has 0 atom stereocenters. The number of piperidine rings is 2. The Balaban J connectivity index is 0.987. The number of benzene rings is 6. The van der Waals surface area contributed by atoms with Crippen molar-refractivity contribution in [1.29, 1.82) is 0 Å². The Labute approximate surface area is 395 Å². The number of ether oxygens (including phenoxy) is 4. The number of nitrogens with zero attached hydrogens (tertiary/aromatic N) is 2. The van der Waals surface area contributed by atoms with E-state index in [-0.39, 0.29) is 26.4 Å². The molecule has 0 spiro atoms.